The summed E-state index contributed by atoms with van der Waals surface area (Å²) in [5, 5.41) is 6.69. The Labute approximate surface area is 97.4 Å². The SMILES string of the molecule is COc1ncccc1NCCNC(C)(C)C. The largest absolute Gasteiger partial charge is 0.480 e. The summed E-state index contributed by atoms with van der Waals surface area (Å²) in [4.78, 5) is 4.12. The van der Waals surface area contributed by atoms with E-state index in [4.69, 9.17) is 4.74 Å². The van der Waals surface area contributed by atoms with E-state index < -0.39 is 0 Å². The minimum Gasteiger partial charge on any atom is -0.480 e. The third-order valence-corrected chi connectivity index (χ3v) is 2.06. The molecule has 4 nitrogen and oxygen atoms in total. The fraction of sp³-hybridized carbons (Fsp3) is 0.583. The monoisotopic (exact) mass is 223 g/mol. The molecule has 4 heteroatoms. The highest BCUT2D eigenvalue weighted by molar-refractivity contribution is 5.51. The smallest absolute Gasteiger partial charge is 0.237 e. The second kappa shape index (κ2) is 5.70. The van der Waals surface area contributed by atoms with Gasteiger partial charge in [0, 0.05) is 24.8 Å². The van der Waals surface area contributed by atoms with E-state index in [2.05, 4.69) is 36.4 Å². The minimum absolute atomic E-state index is 0.153. The van der Waals surface area contributed by atoms with Gasteiger partial charge in [-0.1, -0.05) is 0 Å². The van der Waals surface area contributed by atoms with Gasteiger partial charge in [-0.2, -0.15) is 0 Å². The van der Waals surface area contributed by atoms with E-state index in [0.717, 1.165) is 18.8 Å². The van der Waals surface area contributed by atoms with E-state index >= 15 is 0 Å². The molecule has 16 heavy (non-hydrogen) atoms. The van der Waals surface area contributed by atoms with Crippen LogP contribution in [0.1, 0.15) is 20.8 Å². The molecule has 0 amide bonds. The molecule has 0 unspecified atom stereocenters. The van der Waals surface area contributed by atoms with Gasteiger partial charge in [0.2, 0.25) is 5.88 Å². The van der Waals surface area contributed by atoms with Crippen molar-refractivity contribution < 1.29 is 4.74 Å². The molecule has 0 radical (unpaired) electrons. The number of nitrogens with zero attached hydrogens (tertiary/aromatic N) is 1. The molecule has 0 aliphatic heterocycles. The van der Waals surface area contributed by atoms with Crippen LogP contribution in [0.25, 0.3) is 0 Å². The van der Waals surface area contributed by atoms with Crippen LogP contribution in [-0.2, 0) is 0 Å². The Morgan fingerprint density at radius 3 is 2.69 bits per heavy atom. The van der Waals surface area contributed by atoms with Crippen molar-refractivity contribution in [1.82, 2.24) is 10.3 Å². The van der Waals surface area contributed by atoms with Gasteiger partial charge in [0.15, 0.2) is 0 Å². The normalized spacial score (nSPS) is 11.2. The summed E-state index contributed by atoms with van der Waals surface area (Å²) in [6, 6.07) is 3.85. The first-order chi connectivity index (χ1) is 7.53. The van der Waals surface area contributed by atoms with Gasteiger partial charge in [-0.15, -0.1) is 0 Å². The highest BCUT2D eigenvalue weighted by Crippen LogP contribution is 2.18. The first-order valence-electron chi connectivity index (χ1n) is 5.51. The molecule has 2 N–H and O–H groups in total. The molecule has 0 bridgehead atoms. The van der Waals surface area contributed by atoms with Gasteiger partial charge < -0.3 is 15.4 Å². The number of ether oxygens (including phenoxy) is 1. The summed E-state index contributed by atoms with van der Waals surface area (Å²) in [5.74, 6) is 0.637. The maximum absolute atomic E-state index is 5.15. The average Bonchev–Trinajstić information content (AvgIpc) is 2.23. The Bertz CT molecular complexity index is 320. The molecule has 0 spiro atoms. The highest BCUT2D eigenvalue weighted by atomic mass is 16.5. The molecule has 0 aliphatic carbocycles. The van der Waals surface area contributed by atoms with Crippen molar-refractivity contribution in [2.24, 2.45) is 0 Å². The fourth-order valence-corrected chi connectivity index (χ4v) is 1.32. The predicted molar refractivity (Wildman–Crippen MR) is 67.0 cm³/mol. The molecule has 90 valence electrons. The standard InChI is InChI=1S/C12H21N3O/c1-12(2,3)15-9-8-13-10-6-5-7-14-11(10)16-4/h5-7,13,15H,8-9H2,1-4H3. The summed E-state index contributed by atoms with van der Waals surface area (Å²) in [7, 11) is 1.63. The summed E-state index contributed by atoms with van der Waals surface area (Å²) in [6.07, 6.45) is 1.72. The molecule has 0 aliphatic rings. The van der Waals surface area contributed by atoms with Crippen LogP contribution in [0, 0.1) is 0 Å². The van der Waals surface area contributed by atoms with Crippen molar-refractivity contribution in [1.29, 1.82) is 0 Å². The van der Waals surface area contributed by atoms with Crippen molar-refractivity contribution in [2.45, 2.75) is 26.3 Å². The average molecular weight is 223 g/mol. The second-order valence-electron chi connectivity index (χ2n) is 4.66. The molecule has 1 heterocycles. The molecule has 0 aromatic carbocycles. The third kappa shape index (κ3) is 4.49. The lowest BCUT2D eigenvalue weighted by atomic mass is 10.1. The van der Waals surface area contributed by atoms with E-state index in [9.17, 15) is 0 Å². The van der Waals surface area contributed by atoms with E-state index in [-0.39, 0.29) is 5.54 Å². The molecule has 0 saturated heterocycles. The van der Waals surface area contributed by atoms with Gasteiger partial charge in [0.25, 0.3) is 0 Å². The van der Waals surface area contributed by atoms with E-state index in [1.807, 2.05) is 12.1 Å². The maximum Gasteiger partial charge on any atom is 0.237 e. The van der Waals surface area contributed by atoms with Crippen LogP contribution in [0.4, 0.5) is 5.69 Å². The number of aromatic nitrogens is 1. The zero-order valence-corrected chi connectivity index (χ0v) is 10.5. The molecule has 1 aromatic heterocycles. The van der Waals surface area contributed by atoms with Gasteiger partial charge >= 0.3 is 0 Å². The lowest BCUT2D eigenvalue weighted by molar-refractivity contribution is 0.399. The van der Waals surface area contributed by atoms with Crippen LogP contribution in [0.2, 0.25) is 0 Å². The van der Waals surface area contributed by atoms with Crippen LogP contribution in [0.3, 0.4) is 0 Å². The Kier molecular flexibility index (Phi) is 4.55. The Hall–Kier alpha value is -1.29. The van der Waals surface area contributed by atoms with Crippen molar-refractivity contribution in [3.05, 3.63) is 18.3 Å². The number of nitrogens with one attached hydrogen (secondary N) is 2. The van der Waals surface area contributed by atoms with Crippen molar-refractivity contribution in [2.75, 3.05) is 25.5 Å². The van der Waals surface area contributed by atoms with Crippen LogP contribution >= 0.6 is 0 Å². The van der Waals surface area contributed by atoms with E-state index in [1.54, 1.807) is 13.3 Å². The Morgan fingerprint density at radius 1 is 1.31 bits per heavy atom. The van der Waals surface area contributed by atoms with Crippen molar-refractivity contribution in [3.8, 4) is 5.88 Å². The lowest BCUT2D eigenvalue weighted by Gasteiger charge is -2.20. The minimum atomic E-state index is 0.153. The van der Waals surface area contributed by atoms with Crippen molar-refractivity contribution >= 4 is 5.69 Å². The van der Waals surface area contributed by atoms with Crippen LogP contribution < -0.4 is 15.4 Å². The third-order valence-electron chi connectivity index (χ3n) is 2.06. The second-order valence-corrected chi connectivity index (χ2v) is 4.66. The van der Waals surface area contributed by atoms with Gasteiger partial charge in [-0.05, 0) is 32.9 Å². The zero-order valence-electron chi connectivity index (χ0n) is 10.5. The number of rotatable bonds is 5. The molecule has 0 fully saturated rings. The first-order valence-corrected chi connectivity index (χ1v) is 5.51. The summed E-state index contributed by atoms with van der Waals surface area (Å²) in [6.45, 7) is 8.20. The lowest BCUT2D eigenvalue weighted by Crippen LogP contribution is -2.38. The molecular formula is C12H21N3O. The van der Waals surface area contributed by atoms with E-state index in [1.165, 1.54) is 0 Å². The number of pyridine rings is 1. The highest BCUT2D eigenvalue weighted by Gasteiger charge is 2.07. The van der Waals surface area contributed by atoms with Gasteiger partial charge in [-0.25, -0.2) is 4.98 Å². The van der Waals surface area contributed by atoms with Gasteiger partial charge in [-0.3, -0.25) is 0 Å². The maximum atomic E-state index is 5.15. The van der Waals surface area contributed by atoms with Crippen molar-refractivity contribution in [3.63, 3.8) is 0 Å². The Morgan fingerprint density at radius 2 is 2.06 bits per heavy atom. The summed E-state index contributed by atoms with van der Waals surface area (Å²) >= 11 is 0. The fourth-order valence-electron chi connectivity index (χ4n) is 1.32. The topological polar surface area (TPSA) is 46.2 Å². The van der Waals surface area contributed by atoms with E-state index in [0.29, 0.717) is 5.88 Å². The molecule has 0 atom stereocenters. The van der Waals surface area contributed by atoms with Crippen LogP contribution in [-0.4, -0.2) is 30.7 Å². The molecule has 1 rings (SSSR count). The number of methoxy groups -OCH3 is 1. The number of hydrogen-bond acceptors (Lipinski definition) is 4. The predicted octanol–water partition coefficient (Wildman–Crippen LogP) is 1.89. The summed E-state index contributed by atoms with van der Waals surface area (Å²) in [5.41, 5.74) is 1.08. The number of hydrogen-bond donors (Lipinski definition) is 2. The number of anilines is 1. The van der Waals surface area contributed by atoms with Gasteiger partial charge in [0.1, 0.15) is 0 Å². The zero-order chi connectivity index (χ0) is 12.0. The van der Waals surface area contributed by atoms with Gasteiger partial charge in [0.05, 0.1) is 12.8 Å². The molecule has 1 aromatic rings. The molecule has 0 saturated carbocycles. The summed E-state index contributed by atoms with van der Waals surface area (Å²) < 4.78 is 5.15. The Balaban J connectivity index is 2.37. The van der Waals surface area contributed by atoms with Crippen LogP contribution in [0.15, 0.2) is 18.3 Å². The quantitative estimate of drug-likeness (QED) is 0.748. The molecular weight excluding hydrogens is 202 g/mol. The van der Waals surface area contributed by atoms with Crippen LogP contribution in [0.5, 0.6) is 5.88 Å². The first kappa shape index (κ1) is 12.8.